The number of fused-ring (bicyclic) bond motifs is 2. The fourth-order valence-corrected chi connectivity index (χ4v) is 5.65. The fourth-order valence-electron chi connectivity index (χ4n) is 3.83. The first kappa shape index (κ1) is 16.0. The maximum Gasteiger partial charge on any atom is 0.214 e. The summed E-state index contributed by atoms with van der Waals surface area (Å²) in [5, 5.41) is 0. The van der Waals surface area contributed by atoms with E-state index in [0.717, 1.165) is 18.4 Å². The van der Waals surface area contributed by atoms with Gasteiger partial charge in [0, 0.05) is 25.2 Å². The topological polar surface area (TPSA) is 40.6 Å². The van der Waals surface area contributed by atoms with E-state index in [2.05, 4.69) is 11.9 Å². The van der Waals surface area contributed by atoms with E-state index < -0.39 is 10.0 Å². The van der Waals surface area contributed by atoms with Gasteiger partial charge < -0.3 is 0 Å². The highest BCUT2D eigenvalue weighted by molar-refractivity contribution is 7.89. The monoisotopic (exact) mass is 322 g/mol. The number of rotatable bonds is 4. The van der Waals surface area contributed by atoms with Gasteiger partial charge in [-0.05, 0) is 37.8 Å². The number of sulfonamides is 1. The lowest BCUT2D eigenvalue weighted by atomic mass is 10.0. The first-order valence-corrected chi connectivity index (χ1v) is 9.83. The Labute approximate surface area is 134 Å². The van der Waals surface area contributed by atoms with Gasteiger partial charge in [-0.15, -0.1) is 0 Å². The number of hydrogen-bond acceptors (Lipinski definition) is 3. The van der Waals surface area contributed by atoms with Crippen molar-refractivity contribution in [3.05, 3.63) is 35.9 Å². The van der Waals surface area contributed by atoms with Crippen molar-refractivity contribution < 1.29 is 8.42 Å². The number of likely N-dealkylation sites (N-methyl/N-ethyl adjacent to an activating group) is 1. The van der Waals surface area contributed by atoms with Crippen molar-refractivity contribution in [2.75, 3.05) is 25.9 Å². The Morgan fingerprint density at radius 3 is 2.55 bits per heavy atom. The normalized spacial score (nSPS) is 28.5. The van der Waals surface area contributed by atoms with E-state index in [4.69, 9.17) is 0 Å². The molecular formula is C17H26N2O2S. The maximum atomic E-state index is 12.8. The molecule has 0 saturated carbocycles. The Hall–Kier alpha value is -0.910. The summed E-state index contributed by atoms with van der Waals surface area (Å²) in [6.07, 6.45) is 3.31. The minimum Gasteiger partial charge on any atom is -0.299 e. The van der Waals surface area contributed by atoms with Crippen LogP contribution in [0.2, 0.25) is 0 Å². The van der Waals surface area contributed by atoms with E-state index in [1.54, 1.807) is 4.31 Å². The van der Waals surface area contributed by atoms with Gasteiger partial charge in [0.25, 0.3) is 0 Å². The molecular weight excluding hydrogens is 296 g/mol. The Bertz CT molecular complexity index is 602. The number of nitrogens with zero attached hydrogens (tertiary/aromatic N) is 2. The molecule has 0 N–H and O–H groups in total. The van der Waals surface area contributed by atoms with E-state index >= 15 is 0 Å². The molecule has 2 aliphatic heterocycles. The second kappa shape index (κ2) is 6.30. The van der Waals surface area contributed by atoms with Gasteiger partial charge in [0.05, 0.1) is 5.75 Å². The van der Waals surface area contributed by atoms with Crippen molar-refractivity contribution in [2.45, 2.75) is 44.2 Å². The molecule has 1 aromatic carbocycles. The molecule has 2 fully saturated rings. The first-order chi connectivity index (χ1) is 10.5. The molecule has 3 rings (SSSR count). The minimum absolute atomic E-state index is 0.0318. The van der Waals surface area contributed by atoms with E-state index in [0.29, 0.717) is 25.2 Å². The molecule has 4 nitrogen and oxygen atoms in total. The molecule has 5 heteroatoms. The van der Waals surface area contributed by atoms with Crippen LogP contribution < -0.4 is 0 Å². The van der Waals surface area contributed by atoms with Crippen LogP contribution in [-0.4, -0.2) is 55.6 Å². The maximum absolute atomic E-state index is 12.8. The highest BCUT2D eigenvalue weighted by atomic mass is 32.2. The van der Waals surface area contributed by atoms with Gasteiger partial charge in [0.15, 0.2) is 0 Å². The molecule has 0 spiro atoms. The van der Waals surface area contributed by atoms with Crippen LogP contribution in [0.3, 0.4) is 0 Å². The lowest BCUT2D eigenvalue weighted by Crippen LogP contribution is -2.41. The third-order valence-electron chi connectivity index (χ3n) is 5.33. The van der Waals surface area contributed by atoms with Crippen molar-refractivity contribution in [1.82, 2.24) is 9.21 Å². The zero-order chi connectivity index (χ0) is 15.7. The molecule has 2 bridgehead atoms. The molecule has 1 aromatic rings. The quantitative estimate of drug-likeness (QED) is 0.854. The van der Waals surface area contributed by atoms with Crippen molar-refractivity contribution >= 4 is 10.0 Å². The molecule has 2 saturated heterocycles. The molecule has 0 unspecified atom stereocenters. The molecule has 122 valence electrons. The van der Waals surface area contributed by atoms with Gasteiger partial charge >= 0.3 is 0 Å². The summed E-state index contributed by atoms with van der Waals surface area (Å²) in [4.78, 5) is 2.39. The van der Waals surface area contributed by atoms with Crippen molar-refractivity contribution in [2.24, 2.45) is 0 Å². The largest absolute Gasteiger partial charge is 0.299 e. The van der Waals surface area contributed by atoms with Crippen LogP contribution in [0.5, 0.6) is 0 Å². The Morgan fingerprint density at radius 2 is 1.82 bits per heavy atom. The number of benzene rings is 1. The van der Waals surface area contributed by atoms with Crippen LogP contribution >= 0.6 is 0 Å². The molecule has 0 amide bonds. The van der Waals surface area contributed by atoms with Crippen LogP contribution in [0.25, 0.3) is 0 Å². The molecule has 0 aliphatic carbocycles. The highest BCUT2D eigenvalue weighted by Gasteiger charge is 2.38. The standard InChI is InChI=1S/C17H26N2O2S/c1-14(15-6-4-3-5-7-15)13-22(20,21)19-11-10-16-8-9-17(12-19)18(16)2/h3-7,14,16-17H,8-13H2,1-2H3/t14-,16+,17-/m0/s1. The predicted octanol–water partition coefficient (Wildman–Crippen LogP) is 2.29. The van der Waals surface area contributed by atoms with E-state index in [-0.39, 0.29) is 11.7 Å². The summed E-state index contributed by atoms with van der Waals surface area (Å²) in [6.45, 7) is 3.34. The molecule has 2 heterocycles. The molecule has 3 atom stereocenters. The average molecular weight is 322 g/mol. The zero-order valence-corrected chi connectivity index (χ0v) is 14.3. The second-order valence-electron chi connectivity index (χ2n) is 6.79. The van der Waals surface area contributed by atoms with Crippen molar-refractivity contribution in [3.8, 4) is 0 Å². The lowest BCUT2D eigenvalue weighted by Gasteiger charge is -2.26. The van der Waals surface area contributed by atoms with Gasteiger partial charge in [0.1, 0.15) is 0 Å². The van der Waals surface area contributed by atoms with Gasteiger partial charge in [-0.2, -0.15) is 0 Å². The van der Waals surface area contributed by atoms with Crippen LogP contribution in [0.1, 0.15) is 37.7 Å². The summed E-state index contributed by atoms with van der Waals surface area (Å²) in [7, 11) is -1.05. The molecule has 0 aromatic heterocycles. The van der Waals surface area contributed by atoms with Crippen LogP contribution in [0, 0.1) is 0 Å². The highest BCUT2D eigenvalue weighted by Crippen LogP contribution is 2.30. The summed E-state index contributed by atoms with van der Waals surface area (Å²) in [6, 6.07) is 10.9. The van der Waals surface area contributed by atoms with Crippen molar-refractivity contribution in [3.63, 3.8) is 0 Å². The predicted molar refractivity (Wildman–Crippen MR) is 89.4 cm³/mol. The van der Waals surface area contributed by atoms with Gasteiger partial charge in [0.2, 0.25) is 10.0 Å². The molecule has 22 heavy (non-hydrogen) atoms. The SMILES string of the molecule is C[C@@H](CS(=O)(=O)N1CC[C@H]2CC[C@@H](C1)N2C)c1ccccc1. The third kappa shape index (κ3) is 3.21. The van der Waals surface area contributed by atoms with Gasteiger partial charge in [-0.25, -0.2) is 12.7 Å². The third-order valence-corrected chi connectivity index (χ3v) is 7.37. The van der Waals surface area contributed by atoms with Crippen LogP contribution in [-0.2, 0) is 10.0 Å². The molecule has 2 aliphatic rings. The summed E-state index contributed by atoms with van der Waals surface area (Å²) in [5.41, 5.74) is 1.10. The zero-order valence-electron chi connectivity index (χ0n) is 13.5. The van der Waals surface area contributed by atoms with Crippen molar-refractivity contribution in [1.29, 1.82) is 0 Å². The van der Waals surface area contributed by atoms with E-state index in [1.165, 1.54) is 6.42 Å². The minimum atomic E-state index is -3.19. The Balaban J connectivity index is 1.70. The van der Waals surface area contributed by atoms with Gasteiger partial charge in [-0.3, -0.25) is 4.90 Å². The van der Waals surface area contributed by atoms with Gasteiger partial charge in [-0.1, -0.05) is 37.3 Å². The fraction of sp³-hybridized carbons (Fsp3) is 0.647. The van der Waals surface area contributed by atoms with E-state index in [1.807, 2.05) is 37.3 Å². The molecule has 0 radical (unpaired) electrons. The summed E-state index contributed by atoms with van der Waals surface area (Å²) < 4.78 is 27.4. The lowest BCUT2D eigenvalue weighted by molar-refractivity contribution is 0.246. The average Bonchev–Trinajstić information content (AvgIpc) is 2.72. The first-order valence-electron chi connectivity index (χ1n) is 8.22. The summed E-state index contributed by atoms with van der Waals surface area (Å²) in [5.74, 6) is 0.238. The Morgan fingerprint density at radius 1 is 1.14 bits per heavy atom. The summed E-state index contributed by atoms with van der Waals surface area (Å²) >= 11 is 0. The van der Waals surface area contributed by atoms with E-state index in [9.17, 15) is 8.42 Å². The second-order valence-corrected chi connectivity index (χ2v) is 8.80. The number of hydrogen-bond donors (Lipinski definition) is 0. The smallest absolute Gasteiger partial charge is 0.214 e. The van der Waals surface area contributed by atoms with Crippen LogP contribution in [0.4, 0.5) is 0 Å². The Kier molecular flexibility index (Phi) is 4.57. The van der Waals surface area contributed by atoms with Crippen LogP contribution in [0.15, 0.2) is 30.3 Å².